The lowest BCUT2D eigenvalue weighted by molar-refractivity contribution is 0.173. The molecule has 1 aliphatic carbocycles. The maximum atomic E-state index is 12.5. The molecule has 0 aromatic heterocycles. The van der Waals surface area contributed by atoms with Gasteiger partial charge in [0.15, 0.2) is 0 Å². The van der Waals surface area contributed by atoms with Crippen LogP contribution >= 0.6 is 0 Å². The molecule has 0 saturated carbocycles. The Kier molecular flexibility index (Phi) is 6.20. The highest BCUT2D eigenvalue weighted by Crippen LogP contribution is 2.24. The second kappa shape index (κ2) is 7.91. The molecule has 0 amide bonds. The van der Waals surface area contributed by atoms with E-state index in [9.17, 15) is 4.21 Å². The number of fused-ring (bicyclic) bond motifs is 1. The van der Waals surface area contributed by atoms with Crippen molar-refractivity contribution < 1.29 is 8.95 Å². The van der Waals surface area contributed by atoms with Crippen LogP contribution in [0, 0.1) is 0 Å². The number of methoxy groups -OCH3 is 1. The molecular formula is C16H25NO2S. The lowest BCUT2D eigenvalue weighted by atomic mass is 10.1. The van der Waals surface area contributed by atoms with Gasteiger partial charge in [0.25, 0.3) is 0 Å². The summed E-state index contributed by atoms with van der Waals surface area (Å²) in [6.07, 6.45) is 4.62. The second-order valence-corrected chi connectivity index (χ2v) is 6.90. The van der Waals surface area contributed by atoms with E-state index >= 15 is 0 Å². The summed E-state index contributed by atoms with van der Waals surface area (Å²) >= 11 is 0. The van der Waals surface area contributed by atoms with Crippen LogP contribution in [0.15, 0.2) is 23.1 Å². The summed E-state index contributed by atoms with van der Waals surface area (Å²) in [7, 11) is 0.740. The van der Waals surface area contributed by atoms with Gasteiger partial charge in [-0.05, 0) is 55.5 Å². The SMILES string of the molecule is CCCNC(COC)CS(=O)c1ccc2c(c1)CCC2. The minimum absolute atomic E-state index is 0.161. The zero-order chi connectivity index (χ0) is 14.4. The Morgan fingerprint density at radius 3 is 2.90 bits per heavy atom. The first kappa shape index (κ1) is 15.7. The topological polar surface area (TPSA) is 38.3 Å². The van der Waals surface area contributed by atoms with Gasteiger partial charge in [0, 0.05) is 23.8 Å². The third-order valence-electron chi connectivity index (χ3n) is 3.74. The van der Waals surface area contributed by atoms with Gasteiger partial charge in [-0.3, -0.25) is 4.21 Å². The zero-order valence-corrected chi connectivity index (χ0v) is 13.3. The number of benzene rings is 1. The van der Waals surface area contributed by atoms with Crippen molar-refractivity contribution in [2.24, 2.45) is 0 Å². The third kappa shape index (κ3) is 4.14. The summed E-state index contributed by atoms with van der Waals surface area (Å²) in [5.74, 6) is 0.618. The smallest absolute Gasteiger partial charge is 0.0624 e. The molecule has 0 fully saturated rings. The minimum Gasteiger partial charge on any atom is -0.383 e. The summed E-state index contributed by atoms with van der Waals surface area (Å²) in [5.41, 5.74) is 2.82. The molecule has 0 radical (unpaired) electrons. The highest BCUT2D eigenvalue weighted by Gasteiger charge is 2.16. The fourth-order valence-corrected chi connectivity index (χ4v) is 3.95. The largest absolute Gasteiger partial charge is 0.383 e. The van der Waals surface area contributed by atoms with Crippen LogP contribution in [0.4, 0.5) is 0 Å². The average Bonchev–Trinajstić information content (AvgIpc) is 2.92. The lowest BCUT2D eigenvalue weighted by Crippen LogP contribution is -2.38. The first-order chi connectivity index (χ1) is 9.74. The van der Waals surface area contributed by atoms with E-state index in [1.165, 1.54) is 24.0 Å². The Labute approximate surface area is 124 Å². The summed E-state index contributed by atoms with van der Waals surface area (Å²) in [5, 5.41) is 3.41. The fraction of sp³-hybridized carbons (Fsp3) is 0.625. The number of aryl methyl sites for hydroxylation is 2. The molecule has 1 aliphatic rings. The van der Waals surface area contributed by atoms with E-state index in [-0.39, 0.29) is 6.04 Å². The summed E-state index contributed by atoms with van der Waals surface area (Å²) in [6.45, 7) is 3.68. The second-order valence-electron chi connectivity index (χ2n) is 5.40. The molecule has 1 aromatic carbocycles. The predicted molar refractivity (Wildman–Crippen MR) is 83.7 cm³/mol. The van der Waals surface area contributed by atoms with E-state index in [4.69, 9.17) is 4.74 Å². The molecule has 2 rings (SSSR count). The molecule has 20 heavy (non-hydrogen) atoms. The highest BCUT2D eigenvalue weighted by molar-refractivity contribution is 7.85. The van der Waals surface area contributed by atoms with Crippen LogP contribution in [0.25, 0.3) is 0 Å². The van der Waals surface area contributed by atoms with E-state index in [2.05, 4.69) is 24.4 Å². The van der Waals surface area contributed by atoms with E-state index in [0.29, 0.717) is 12.4 Å². The van der Waals surface area contributed by atoms with Crippen molar-refractivity contribution in [3.05, 3.63) is 29.3 Å². The van der Waals surface area contributed by atoms with Crippen molar-refractivity contribution in [1.29, 1.82) is 0 Å². The molecule has 1 aromatic rings. The van der Waals surface area contributed by atoms with Gasteiger partial charge in [-0.1, -0.05) is 13.0 Å². The van der Waals surface area contributed by atoms with Crippen LogP contribution < -0.4 is 5.32 Å². The van der Waals surface area contributed by atoms with Gasteiger partial charge in [0.1, 0.15) is 0 Å². The Bertz CT molecular complexity index is 462. The Hall–Kier alpha value is -0.710. The van der Waals surface area contributed by atoms with Gasteiger partial charge in [-0.25, -0.2) is 0 Å². The molecule has 3 nitrogen and oxygen atoms in total. The molecule has 2 unspecified atom stereocenters. The van der Waals surface area contributed by atoms with Gasteiger partial charge in [0.2, 0.25) is 0 Å². The predicted octanol–water partition coefficient (Wildman–Crippen LogP) is 2.30. The van der Waals surface area contributed by atoms with Gasteiger partial charge in [-0.15, -0.1) is 0 Å². The number of nitrogens with one attached hydrogen (secondary N) is 1. The fourth-order valence-electron chi connectivity index (χ4n) is 2.68. The molecule has 0 saturated heterocycles. The molecule has 0 spiro atoms. The van der Waals surface area contributed by atoms with Crippen LogP contribution in [0.2, 0.25) is 0 Å². The van der Waals surface area contributed by atoms with Gasteiger partial charge in [0.05, 0.1) is 17.4 Å². The Balaban J connectivity index is 1.98. The van der Waals surface area contributed by atoms with Crippen molar-refractivity contribution in [1.82, 2.24) is 5.32 Å². The molecule has 2 atom stereocenters. The van der Waals surface area contributed by atoms with Crippen molar-refractivity contribution in [3.8, 4) is 0 Å². The number of ether oxygens (including phenoxy) is 1. The normalized spacial score (nSPS) is 16.9. The van der Waals surface area contributed by atoms with Crippen LogP contribution in [-0.2, 0) is 28.4 Å². The maximum absolute atomic E-state index is 12.5. The number of hydrogen-bond donors (Lipinski definition) is 1. The van der Waals surface area contributed by atoms with E-state index in [1.807, 2.05) is 6.07 Å². The monoisotopic (exact) mass is 295 g/mol. The van der Waals surface area contributed by atoms with Crippen molar-refractivity contribution in [3.63, 3.8) is 0 Å². The van der Waals surface area contributed by atoms with Crippen LogP contribution in [0.1, 0.15) is 30.9 Å². The standard InChI is InChI=1S/C16H25NO2S/c1-3-9-17-15(11-19-2)12-20(18)16-8-7-13-5-4-6-14(13)10-16/h7-8,10,15,17H,3-6,9,11-12H2,1-2H3. The zero-order valence-electron chi connectivity index (χ0n) is 12.5. The number of rotatable bonds is 8. The van der Waals surface area contributed by atoms with Gasteiger partial charge < -0.3 is 10.1 Å². The van der Waals surface area contributed by atoms with Crippen LogP contribution in [0.5, 0.6) is 0 Å². The van der Waals surface area contributed by atoms with E-state index < -0.39 is 10.8 Å². The minimum atomic E-state index is -0.953. The van der Waals surface area contributed by atoms with Crippen molar-refractivity contribution >= 4 is 10.8 Å². The molecular weight excluding hydrogens is 270 g/mol. The first-order valence-corrected chi connectivity index (χ1v) is 8.79. The van der Waals surface area contributed by atoms with Crippen LogP contribution in [0.3, 0.4) is 0 Å². The molecule has 1 N–H and O–H groups in total. The summed E-state index contributed by atoms with van der Waals surface area (Å²) in [4.78, 5) is 0.963. The highest BCUT2D eigenvalue weighted by atomic mass is 32.2. The molecule has 0 aliphatic heterocycles. The van der Waals surface area contributed by atoms with E-state index in [1.54, 1.807) is 7.11 Å². The molecule has 112 valence electrons. The molecule has 4 heteroatoms. The Morgan fingerprint density at radius 2 is 2.15 bits per heavy atom. The maximum Gasteiger partial charge on any atom is 0.0624 e. The Morgan fingerprint density at radius 1 is 1.35 bits per heavy atom. The lowest BCUT2D eigenvalue weighted by Gasteiger charge is -2.17. The van der Waals surface area contributed by atoms with E-state index in [0.717, 1.165) is 24.3 Å². The molecule has 0 heterocycles. The average molecular weight is 295 g/mol. The van der Waals surface area contributed by atoms with Gasteiger partial charge in [-0.2, -0.15) is 0 Å². The molecule has 0 bridgehead atoms. The number of hydrogen-bond acceptors (Lipinski definition) is 3. The van der Waals surface area contributed by atoms with Crippen LogP contribution in [-0.4, -0.2) is 36.3 Å². The van der Waals surface area contributed by atoms with Gasteiger partial charge >= 0.3 is 0 Å². The van der Waals surface area contributed by atoms with Crippen molar-refractivity contribution in [2.75, 3.05) is 26.0 Å². The summed E-state index contributed by atoms with van der Waals surface area (Å²) < 4.78 is 17.7. The third-order valence-corrected chi connectivity index (χ3v) is 5.22. The summed E-state index contributed by atoms with van der Waals surface area (Å²) in [6, 6.07) is 6.49. The van der Waals surface area contributed by atoms with Crippen molar-refractivity contribution in [2.45, 2.75) is 43.5 Å². The first-order valence-electron chi connectivity index (χ1n) is 7.47. The quantitative estimate of drug-likeness (QED) is 0.800.